The number of nitrogens with zero attached hydrogens (tertiary/aromatic N) is 3. The highest BCUT2D eigenvalue weighted by atomic mass is 35.5. The predicted molar refractivity (Wildman–Crippen MR) is 150 cm³/mol. The maximum absolute atomic E-state index is 13.1. The van der Waals surface area contributed by atoms with Crippen LogP contribution in [-0.4, -0.2) is 86.7 Å². The second-order valence-corrected chi connectivity index (χ2v) is 10.9. The van der Waals surface area contributed by atoms with E-state index < -0.39 is 0 Å². The summed E-state index contributed by atoms with van der Waals surface area (Å²) in [6, 6.07) is 12.5. The van der Waals surface area contributed by atoms with Gasteiger partial charge in [0.25, 0.3) is 5.91 Å². The fraction of sp³-hybridized carbons (Fsp3) is 0.567. The Kier molecular flexibility index (Phi) is 9.88. The van der Waals surface area contributed by atoms with Crippen molar-refractivity contribution >= 4 is 17.5 Å². The van der Waals surface area contributed by atoms with Crippen LogP contribution in [0.15, 0.2) is 36.4 Å². The topological polar surface area (TPSA) is 45.3 Å². The van der Waals surface area contributed by atoms with Gasteiger partial charge in [-0.05, 0) is 93.6 Å². The monoisotopic (exact) mass is 527 g/mol. The minimum absolute atomic E-state index is 0.108. The average molecular weight is 528 g/mol. The van der Waals surface area contributed by atoms with Crippen LogP contribution < -0.4 is 4.74 Å². The van der Waals surface area contributed by atoms with E-state index in [1.807, 2.05) is 17.0 Å². The summed E-state index contributed by atoms with van der Waals surface area (Å²) in [5.74, 6) is 1.10. The first-order valence-corrected chi connectivity index (χ1v) is 14.0. The number of carbonyl (C=O) groups excluding carboxylic acids is 1. The Bertz CT molecular complexity index is 1050. The van der Waals surface area contributed by atoms with Crippen LogP contribution >= 0.6 is 11.6 Å². The SMILES string of the molecule is COCCN(C)CCCOc1ccc([C@H]2CCC[C@H]3CN(C(=O)c4ccc(Cl)cc4)CCN32)c(C)c1C. The molecule has 4 rings (SSSR count). The van der Waals surface area contributed by atoms with Crippen LogP contribution in [0.4, 0.5) is 0 Å². The number of benzene rings is 2. The lowest BCUT2D eigenvalue weighted by atomic mass is 9.86. The molecule has 2 atom stereocenters. The van der Waals surface area contributed by atoms with Gasteiger partial charge in [-0.25, -0.2) is 0 Å². The van der Waals surface area contributed by atoms with E-state index in [-0.39, 0.29) is 5.91 Å². The second-order valence-electron chi connectivity index (χ2n) is 10.5. The van der Waals surface area contributed by atoms with Crippen molar-refractivity contribution in [2.75, 3.05) is 60.1 Å². The van der Waals surface area contributed by atoms with Crippen molar-refractivity contribution in [3.05, 3.63) is 63.7 Å². The molecule has 202 valence electrons. The summed E-state index contributed by atoms with van der Waals surface area (Å²) in [4.78, 5) is 20.0. The Morgan fingerprint density at radius 3 is 2.57 bits per heavy atom. The van der Waals surface area contributed by atoms with Crippen LogP contribution in [-0.2, 0) is 4.74 Å². The summed E-state index contributed by atoms with van der Waals surface area (Å²) in [5, 5.41) is 0.657. The standard InChI is InChI=1S/C30H42ClN3O3/c1-22-23(2)29(37-19-6-15-32(3)18-20-36-4)14-13-27(22)28-8-5-7-26-21-33(16-17-34(26)28)30(35)24-9-11-25(31)12-10-24/h9-14,26,28H,5-8,15-21H2,1-4H3/t26-,28+/m0/s1. The molecule has 0 aromatic heterocycles. The van der Waals surface area contributed by atoms with Gasteiger partial charge >= 0.3 is 0 Å². The van der Waals surface area contributed by atoms with Gasteiger partial charge in [-0.1, -0.05) is 17.7 Å². The molecular formula is C30H42ClN3O3. The molecule has 2 aliphatic rings. The molecule has 2 aromatic rings. The van der Waals surface area contributed by atoms with E-state index in [0.29, 0.717) is 29.3 Å². The van der Waals surface area contributed by atoms with Gasteiger partial charge < -0.3 is 19.3 Å². The fourth-order valence-corrected chi connectivity index (χ4v) is 5.88. The van der Waals surface area contributed by atoms with Crippen molar-refractivity contribution in [1.82, 2.24) is 14.7 Å². The van der Waals surface area contributed by atoms with Crippen molar-refractivity contribution in [3.63, 3.8) is 0 Å². The normalized spacial score (nSPS) is 20.2. The number of carbonyl (C=O) groups is 1. The Hall–Kier alpha value is -2.12. The summed E-state index contributed by atoms with van der Waals surface area (Å²) in [6.45, 7) is 10.3. The lowest BCUT2D eigenvalue weighted by molar-refractivity contribution is 0.0101. The number of amides is 1. The number of ether oxygens (including phenoxy) is 2. The van der Waals surface area contributed by atoms with Crippen molar-refractivity contribution in [2.24, 2.45) is 0 Å². The first kappa shape index (κ1) is 27.9. The summed E-state index contributed by atoms with van der Waals surface area (Å²) in [5.41, 5.74) is 4.70. The number of hydrogen-bond acceptors (Lipinski definition) is 5. The molecule has 2 heterocycles. The Morgan fingerprint density at radius 1 is 1.03 bits per heavy atom. The number of piperidine rings is 1. The molecular weight excluding hydrogens is 486 g/mol. The third-order valence-electron chi connectivity index (χ3n) is 8.08. The molecule has 2 aromatic carbocycles. The van der Waals surface area contributed by atoms with Gasteiger partial charge in [0.1, 0.15) is 5.75 Å². The number of hydrogen-bond donors (Lipinski definition) is 0. The van der Waals surface area contributed by atoms with Crippen molar-refractivity contribution in [3.8, 4) is 5.75 Å². The second kappa shape index (κ2) is 13.1. The van der Waals surface area contributed by atoms with E-state index in [4.69, 9.17) is 21.1 Å². The predicted octanol–water partition coefficient (Wildman–Crippen LogP) is 5.36. The maximum atomic E-state index is 13.1. The van der Waals surface area contributed by atoms with E-state index in [9.17, 15) is 4.79 Å². The van der Waals surface area contributed by atoms with Crippen LogP contribution in [0.25, 0.3) is 0 Å². The van der Waals surface area contributed by atoms with E-state index in [1.54, 1.807) is 19.2 Å². The van der Waals surface area contributed by atoms with Gasteiger partial charge in [-0.15, -0.1) is 0 Å². The Morgan fingerprint density at radius 2 is 1.81 bits per heavy atom. The molecule has 0 unspecified atom stereocenters. The first-order chi connectivity index (χ1) is 17.9. The highest BCUT2D eigenvalue weighted by Gasteiger charge is 2.37. The van der Waals surface area contributed by atoms with Crippen molar-refractivity contribution in [2.45, 2.75) is 51.6 Å². The van der Waals surface area contributed by atoms with Crippen LogP contribution in [0.1, 0.15) is 58.8 Å². The number of piperazine rings is 1. The smallest absolute Gasteiger partial charge is 0.253 e. The third-order valence-corrected chi connectivity index (χ3v) is 8.33. The van der Waals surface area contributed by atoms with Gasteiger partial charge in [-0.3, -0.25) is 9.69 Å². The number of halogens is 1. The molecule has 0 N–H and O–H groups in total. The molecule has 1 amide bonds. The number of methoxy groups -OCH3 is 1. The first-order valence-electron chi connectivity index (χ1n) is 13.6. The summed E-state index contributed by atoms with van der Waals surface area (Å²) >= 11 is 6.01. The average Bonchev–Trinajstić information content (AvgIpc) is 2.91. The molecule has 2 fully saturated rings. The van der Waals surface area contributed by atoms with Crippen molar-refractivity contribution in [1.29, 1.82) is 0 Å². The number of likely N-dealkylation sites (N-methyl/N-ethyl adjacent to an activating group) is 1. The number of rotatable bonds is 10. The van der Waals surface area contributed by atoms with Gasteiger partial charge in [0.05, 0.1) is 13.2 Å². The zero-order valence-corrected chi connectivity index (χ0v) is 23.6. The lowest BCUT2D eigenvalue weighted by Gasteiger charge is -2.48. The fourth-order valence-electron chi connectivity index (χ4n) is 5.75. The molecule has 2 saturated heterocycles. The molecule has 2 aliphatic heterocycles. The highest BCUT2D eigenvalue weighted by molar-refractivity contribution is 6.30. The molecule has 6 nitrogen and oxygen atoms in total. The van der Waals surface area contributed by atoms with Crippen LogP contribution in [0, 0.1) is 13.8 Å². The van der Waals surface area contributed by atoms with Gasteiger partial charge in [0.2, 0.25) is 0 Å². The van der Waals surface area contributed by atoms with E-state index in [0.717, 1.165) is 64.3 Å². The van der Waals surface area contributed by atoms with E-state index in [2.05, 4.69) is 42.8 Å². The lowest BCUT2D eigenvalue weighted by Crippen LogP contribution is -2.57. The van der Waals surface area contributed by atoms with Gasteiger partial charge in [0.15, 0.2) is 0 Å². The number of fused-ring (bicyclic) bond motifs is 1. The van der Waals surface area contributed by atoms with Gasteiger partial charge in [-0.2, -0.15) is 0 Å². The van der Waals surface area contributed by atoms with E-state index >= 15 is 0 Å². The van der Waals surface area contributed by atoms with Crippen LogP contribution in [0.5, 0.6) is 5.75 Å². The summed E-state index contributed by atoms with van der Waals surface area (Å²) < 4.78 is 11.3. The molecule has 7 heteroatoms. The molecule has 0 radical (unpaired) electrons. The zero-order valence-electron chi connectivity index (χ0n) is 22.8. The molecule has 0 bridgehead atoms. The summed E-state index contributed by atoms with van der Waals surface area (Å²) in [7, 11) is 3.86. The van der Waals surface area contributed by atoms with E-state index in [1.165, 1.54) is 23.1 Å². The third kappa shape index (κ3) is 6.85. The minimum Gasteiger partial charge on any atom is -0.493 e. The van der Waals surface area contributed by atoms with Crippen molar-refractivity contribution < 1.29 is 14.3 Å². The largest absolute Gasteiger partial charge is 0.493 e. The highest BCUT2D eigenvalue weighted by Crippen LogP contribution is 2.39. The maximum Gasteiger partial charge on any atom is 0.253 e. The molecule has 0 saturated carbocycles. The summed E-state index contributed by atoms with van der Waals surface area (Å²) in [6.07, 6.45) is 4.47. The Balaban J connectivity index is 1.37. The molecule has 0 aliphatic carbocycles. The quantitative estimate of drug-likeness (QED) is 0.389. The van der Waals surface area contributed by atoms with Crippen LogP contribution in [0.2, 0.25) is 5.02 Å². The minimum atomic E-state index is 0.108. The van der Waals surface area contributed by atoms with Crippen LogP contribution in [0.3, 0.4) is 0 Å². The zero-order chi connectivity index (χ0) is 26.4. The molecule has 0 spiro atoms. The molecule has 37 heavy (non-hydrogen) atoms. The Labute approximate surface area is 227 Å². The van der Waals surface area contributed by atoms with Gasteiger partial charge in [0, 0.05) is 62.5 Å².